The van der Waals surface area contributed by atoms with E-state index < -0.39 is 0 Å². The molecule has 0 bridgehead atoms. The normalized spacial score (nSPS) is 14.3. The van der Waals surface area contributed by atoms with Gasteiger partial charge in [0.1, 0.15) is 5.82 Å². The highest BCUT2D eigenvalue weighted by Crippen LogP contribution is 2.26. The highest BCUT2D eigenvalue weighted by molar-refractivity contribution is 5.80. The number of benzene rings is 1. The van der Waals surface area contributed by atoms with Gasteiger partial charge in [0, 0.05) is 44.0 Å². The number of ether oxygens (including phenoxy) is 1. The summed E-state index contributed by atoms with van der Waals surface area (Å²) in [5.74, 6) is 1.76. The third kappa shape index (κ3) is 6.46. The van der Waals surface area contributed by atoms with Gasteiger partial charge in [-0.3, -0.25) is 5.43 Å². The SMILES string of the molecule is CCCCN(CCC)c1cc(N/N=C/c2cccc(C)c2)nc(N2CCOCC2)c1. The minimum atomic E-state index is 0.745. The fourth-order valence-corrected chi connectivity index (χ4v) is 3.61. The molecular formula is C24H35N5O. The number of morpholine rings is 1. The molecule has 6 nitrogen and oxygen atoms in total. The lowest BCUT2D eigenvalue weighted by molar-refractivity contribution is 0.122. The highest BCUT2D eigenvalue weighted by Gasteiger charge is 2.16. The van der Waals surface area contributed by atoms with Gasteiger partial charge in [-0.15, -0.1) is 0 Å². The van der Waals surface area contributed by atoms with E-state index in [4.69, 9.17) is 9.72 Å². The summed E-state index contributed by atoms with van der Waals surface area (Å²) in [5.41, 5.74) is 6.66. The first-order valence-electron chi connectivity index (χ1n) is 11.1. The van der Waals surface area contributed by atoms with Gasteiger partial charge in [0.2, 0.25) is 0 Å². The first-order chi connectivity index (χ1) is 14.7. The summed E-state index contributed by atoms with van der Waals surface area (Å²) < 4.78 is 5.53. The molecule has 0 amide bonds. The Morgan fingerprint density at radius 2 is 1.97 bits per heavy atom. The zero-order valence-electron chi connectivity index (χ0n) is 18.6. The number of aryl methyl sites for hydroxylation is 1. The van der Waals surface area contributed by atoms with Crippen molar-refractivity contribution in [1.82, 2.24) is 4.98 Å². The number of hydrogen-bond donors (Lipinski definition) is 1. The topological polar surface area (TPSA) is 53.0 Å². The average molecular weight is 410 g/mol. The zero-order chi connectivity index (χ0) is 21.2. The molecule has 3 rings (SSSR count). The first kappa shape index (κ1) is 22.1. The Morgan fingerprint density at radius 3 is 2.70 bits per heavy atom. The van der Waals surface area contributed by atoms with E-state index in [1.54, 1.807) is 0 Å². The van der Waals surface area contributed by atoms with Gasteiger partial charge in [0.15, 0.2) is 5.82 Å². The molecule has 0 aliphatic carbocycles. The summed E-state index contributed by atoms with van der Waals surface area (Å²) in [6.07, 6.45) is 5.33. The van der Waals surface area contributed by atoms with Crippen LogP contribution in [0.1, 0.15) is 44.2 Å². The van der Waals surface area contributed by atoms with Crippen LogP contribution in [0.5, 0.6) is 0 Å². The molecule has 1 fully saturated rings. The molecule has 6 heteroatoms. The van der Waals surface area contributed by atoms with Crippen LogP contribution in [0, 0.1) is 6.92 Å². The quantitative estimate of drug-likeness (QED) is 0.456. The molecule has 1 aliphatic heterocycles. The lowest BCUT2D eigenvalue weighted by Gasteiger charge is -2.30. The van der Waals surface area contributed by atoms with E-state index in [1.165, 1.54) is 24.1 Å². The van der Waals surface area contributed by atoms with E-state index in [2.05, 4.69) is 71.4 Å². The second-order valence-electron chi connectivity index (χ2n) is 7.79. The highest BCUT2D eigenvalue weighted by atomic mass is 16.5. The van der Waals surface area contributed by atoms with Crippen LogP contribution in [0.25, 0.3) is 0 Å². The molecule has 1 aromatic carbocycles. The van der Waals surface area contributed by atoms with Crippen LogP contribution in [0.4, 0.5) is 17.3 Å². The Labute approximate surface area is 180 Å². The Kier molecular flexibility index (Phi) is 8.51. The first-order valence-corrected chi connectivity index (χ1v) is 11.1. The van der Waals surface area contributed by atoms with Gasteiger partial charge in [0.05, 0.1) is 19.4 Å². The third-order valence-electron chi connectivity index (χ3n) is 5.21. The van der Waals surface area contributed by atoms with Crippen LogP contribution in [0.15, 0.2) is 41.5 Å². The third-order valence-corrected chi connectivity index (χ3v) is 5.21. The largest absolute Gasteiger partial charge is 0.378 e. The van der Waals surface area contributed by atoms with Crippen molar-refractivity contribution in [3.05, 3.63) is 47.5 Å². The molecular weight excluding hydrogens is 374 g/mol. The fourth-order valence-electron chi connectivity index (χ4n) is 3.61. The molecule has 0 saturated carbocycles. The van der Waals surface area contributed by atoms with Gasteiger partial charge in [-0.2, -0.15) is 5.10 Å². The second-order valence-corrected chi connectivity index (χ2v) is 7.79. The monoisotopic (exact) mass is 409 g/mol. The fraction of sp³-hybridized carbons (Fsp3) is 0.500. The number of rotatable bonds is 10. The molecule has 0 unspecified atom stereocenters. The van der Waals surface area contributed by atoms with Gasteiger partial charge in [-0.05, 0) is 25.3 Å². The van der Waals surface area contributed by atoms with E-state index in [-0.39, 0.29) is 0 Å². The molecule has 30 heavy (non-hydrogen) atoms. The van der Waals surface area contributed by atoms with Crippen LogP contribution in [-0.2, 0) is 4.74 Å². The second kappa shape index (κ2) is 11.6. The van der Waals surface area contributed by atoms with Gasteiger partial charge < -0.3 is 14.5 Å². The number of hydrazone groups is 1. The van der Waals surface area contributed by atoms with E-state index in [0.717, 1.165) is 63.0 Å². The number of hydrogen-bond acceptors (Lipinski definition) is 6. The minimum Gasteiger partial charge on any atom is -0.378 e. The Morgan fingerprint density at radius 1 is 1.13 bits per heavy atom. The van der Waals surface area contributed by atoms with Crippen LogP contribution in [0.2, 0.25) is 0 Å². The van der Waals surface area contributed by atoms with Crippen molar-refractivity contribution in [2.24, 2.45) is 5.10 Å². The molecule has 162 valence electrons. The summed E-state index contributed by atoms with van der Waals surface area (Å²) in [4.78, 5) is 9.61. The number of anilines is 3. The van der Waals surface area contributed by atoms with Crippen molar-refractivity contribution in [1.29, 1.82) is 0 Å². The smallest absolute Gasteiger partial charge is 0.150 e. The molecule has 0 atom stereocenters. The summed E-state index contributed by atoms with van der Waals surface area (Å²) in [6, 6.07) is 12.6. The Balaban J connectivity index is 1.84. The molecule has 0 spiro atoms. The lowest BCUT2D eigenvalue weighted by Crippen LogP contribution is -2.37. The Bertz CT molecular complexity index is 817. The van der Waals surface area contributed by atoms with Crippen LogP contribution >= 0.6 is 0 Å². The van der Waals surface area contributed by atoms with Crippen molar-refractivity contribution in [2.45, 2.75) is 40.0 Å². The van der Waals surface area contributed by atoms with Crippen LogP contribution in [0.3, 0.4) is 0 Å². The average Bonchev–Trinajstić information content (AvgIpc) is 2.77. The van der Waals surface area contributed by atoms with Gasteiger partial charge in [-0.25, -0.2) is 4.98 Å². The summed E-state index contributed by atoms with van der Waals surface area (Å²) in [6.45, 7) is 11.9. The summed E-state index contributed by atoms with van der Waals surface area (Å²) in [5, 5.41) is 4.45. The van der Waals surface area contributed by atoms with Crippen molar-refractivity contribution in [2.75, 3.05) is 54.6 Å². The molecule has 1 aromatic heterocycles. The predicted molar refractivity (Wildman–Crippen MR) is 127 cm³/mol. The van der Waals surface area contributed by atoms with Crippen molar-refractivity contribution in [3.8, 4) is 0 Å². The van der Waals surface area contributed by atoms with E-state index >= 15 is 0 Å². The molecule has 1 saturated heterocycles. The molecule has 1 aliphatic rings. The number of unbranched alkanes of at least 4 members (excludes halogenated alkanes) is 1. The van der Waals surface area contributed by atoms with Crippen molar-refractivity contribution < 1.29 is 4.74 Å². The van der Waals surface area contributed by atoms with Gasteiger partial charge in [-0.1, -0.05) is 50.1 Å². The Hall–Kier alpha value is -2.60. The lowest BCUT2D eigenvalue weighted by atomic mass is 10.2. The molecule has 2 aromatic rings. The minimum absolute atomic E-state index is 0.745. The maximum absolute atomic E-state index is 5.53. The van der Waals surface area contributed by atoms with Crippen LogP contribution < -0.4 is 15.2 Å². The van der Waals surface area contributed by atoms with E-state index in [9.17, 15) is 0 Å². The standard InChI is InChI=1S/C24H35N5O/c1-4-6-11-28(10-5-2)22-17-23(26-24(18-22)29-12-14-30-15-13-29)27-25-19-21-9-7-8-20(3)16-21/h7-9,16-19H,4-6,10-15H2,1-3H3,(H,26,27)/b25-19+. The van der Waals surface area contributed by atoms with E-state index in [0.29, 0.717) is 0 Å². The maximum Gasteiger partial charge on any atom is 0.150 e. The summed E-state index contributed by atoms with van der Waals surface area (Å²) in [7, 11) is 0. The van der Waals surface area contributed by atoms with Crippen molar-refractivity contribution in [3.63, 3.8) is 0 Å². The van der Waals surface area contributed by atoms with Crippen molar-refractivity contribution >= 4 is 23.5 Å². The molecule has 1 N–H and O–H groups in total. The zero-order valence-corrected chi connectivity index (χ0v) is 18.6. The maximum atomic E-state index is 5.53. The number of pyridine rings is 1. The molecule has 0 radical (unpaired) electrons. The number of aromatic nitrogens is 1. The predicted octanol–water partition coefficient (Wildman–Crippen LogP) is 4.69. The van der Waals surface area contributed by atoms with Gasteiger partial charge >= 0.3 is 0 Å². The van der Waals surface area contributed by atoms with Crippen LogP contribution in [-0.4, -0.2) is 50.6 Å². The van der Waals surface area contributed by atoms with E-state index in [1.807, 2.05) is 12.3 Å². The van der Waals surface area contributed by atoms with Gasteiger partial charge in [0.25, 0.3) is 0 Å². The number of nitrogens with one attached hydrogen (secondary N) is 1. The number of nitrogens with zero attached hydrogens (tertiary/aromatic N) is 4. The molecule has 2 heterocycles. The summed E-state index contributed by atoms with van der Waals surface area (Å²) >= 11 is 0.